The lowest BCUT2D eigenvalue weighted by Crippen LogP contribution is -1.89. The minimum atomic E-state index is 0.475. The lowest BCUT2D eigenvalue weighted by Gasteiger charge is -2.01. The third kappa shape index (κ3) is 2.39. The molecular formula is C16H11N3OS. The minimum absolute atomic E-state index is 0.475. The SMILES string of the molecule is c1ccc(-c2cnc(Nc3ccc4scnc4c3)o2)cc1. The molecule has 2 aromatic heterocycles. The van der Waals surface area contributed by atoms with Crippen molar-refractivity contribution in [3.05, 3.63) is 60.2 Å². The zero-order chi connectivity index (χ0) is 14.1. The summed E-state index contributed by atoms with van der Waals surface area (Å²) >= 11 is 1.63. The van der Waals surface area contributed by atoms with Crippen molar-refractivity contribution in [1.82, 2.24) is 9.97 Å². The summed E-state index contributed by atoms with van der Waals surface area (Å²) in [5.74, 6) is 0.743. The predicted molar refractivity (Wildman–Crippen MR) is 84.8 cm³/mol. The number of anilines is 2. The van der Waals surface area contributed by atoms with Crippen molar-refractivity contribution in [2.75, 3.05) is 5.32 Å². The molecule has 0 aliphatic carbocycles. The van der Waals surface area contributed by atoms with Gasteiger partial charge in [0.2, 0.25) is 0 Å². The molecule has 0 unspecified atom stereocenters. The Hall–Kier alpha value is -2.66. The summed E-state index contributed by atoms with van der Waals surface area (Å²) in [6.45, 7) is 0. The number of hydrogen-bond acceptors (Lipinski definition) is 5. The molecular weight excluding hydrogens is 282 g/mol. The molecule has 0 aliphatic rings. The van der Waals surface area contributed by atoms with Crippen LogP contribution < -0.4 is 5.32 Å². The summed E-state index contributed by atoms with van der Waals surface area (Å²) in [5.41, 5.74) is 4.73. The molecule has 0 saturated carbocycles. The number of fused-ring (bicyclic) bond motifs is 1. The van der Waals surface area contributed by atoms with E-state index in [9.17, 15) is 0 Å². The summed E-state index contributed by atoms with van der Waals surface area (Å²) in [5, 5.41) is 3.16. The third-order valence-corrected chi connectivity index (χ3v) is 3.96. The van der Waals surface area contributed by atoms with Crippen LogP contribution in [0.1, 0.15) is 0 Å². The highest BCUT2D eigenvalue weighted by Gasteiger charge is 2.07. The molecule has 4 rings (SSSR count). The Bertz CT molecular complexity index is 883. The standard InChI is InChI=1S/C16H11N3OS/c1-2-4-11(5-3-1)14-9-17-16(20-14)19-12-6-7-15-13(8-12)18-10-21-15/h1-10H,(H,17,19). The molecule has 4 nitrogen and oxygen atoms in total. The van der Waals surface area contributed by atoms with E-state index < -0.39 is 0 Å². The van der Waals surface area contributed by atoms with Gasteiger partial charge >= 0.3 is 0 Å². The van der Waals surface area contributed by atoms with E-state index in [1.165, 1.54) is 0 Å². The maximum atomic E-state index is 5.73. The molecule has 0 spiro atoms. The molecule has 0 bridgehead atoms. The normalized spacial score (nSPS) is 10.9. The van der Waals surface area contributed by atoms with Gasteiger partial charge in [-0.2, -0.15) is 0 Å². The van der Waals surface area contributed by atoms with Crippen molar-refractivity contribution in [1.29, 1.82) is 0 Å². The van der Waals surface area contributed by atoms with E-state index in [1.807, 2.05) is 54.0 Å². The van der Waals surface area contributed by atoms with Crippen molar-refractivity contribution < 1.29 is 4.42 Å². The first-order chi connectivity index (χ1) is 10.4. The minimum Gasteiger partial charge on any atom is -0.423 e. The topological polar surface area (TPSA) is 51.0 Å². The largest absolute Gasteiger partial charge is 0.423 e. The van der Waals surface area contributed by atoms with E-state index in [2.05, 4.69) is 15.3 Å². The van der Waals surface area contributed by atoms with Crippen LogP contribution in [0.15, 0.2) is 64.7 Å². The Labute approximate surface area is 125 Å². The lowest BCUT2D eigenvalue weighted by atomic mass is 10.2. The zero-order valence-electron chi connectivity index (χ0n) is 11.0. The van der Waals surface area contributed by atoms with Crippen molar-refractivity contribution in [3.8, 4) is 11.3 Å². The number of nitrogens with one attached hydrogen (secondary N) is 1. The van der Waals surface area contributed by atoms with Crippen LogP contribution >= 0.6 is 11.3 Å². The van der Waals surface area contributed by atoms with E-state index in [-0.39, 0.29) is 0 Å². The van der Waals surface area contributed by atoms with E-state index in [0.717, 1.165) is 27.2 Å². The van der Waals surface area contributed by atoms with Crippen LogP contribution in [-0.2, 0) is 0 Å². The summed E-state index contributed by atoms with van der Waals surface area (Å²) in [6, 6.07) is 16.4. The van der Waals surface area contributed by atoms with E-state index in [0.29, 0.717) is 6.01 Å². The molecule has 0 aliphatic heterocycles. The Morgan fingerprint density at radius 2 is 1.90 bits per heavy atom. The molecule has 102 valence electrons. The molecule has 0 saturated heterocycles. The van der Waals surface area contributed by atoms with Crippen molar-refractivity contribution in [2.24, 2.45) is 0 Å². The van der Waals surface area contributed by atoms with Crippen LogP contribution in [-0.4, -0.2) is 9.97 Å². The van der Waals surface area contributed by atoms with Gasteiger partial charge in [0.25, 0.3) is 6.01 Å². The van der Waals surface area contributed by atoms with Crippen LogP contribution in [0.25, 0.3) is 21.5 Å². The average Bonchev–Trinajstić information content (AvgIpc) is 3.17. The molecule has 1 N–H and O–H groups in total. The number of thiazole rings is 1. The molecule has 0 amide bonds. The van der Waals surface area contributed by atoms with Gasteiger partial charge < -0.3 is 9.73 Å². The van der Waals surface area contributed by atoms with Gasteiger partial charge in [-0.25, -0.2) is 9.97 Å². The van der Waals surface area contributed by atoms with Crippen LogP contribution in [0.4, 0.5) is 11.7 Å². The van der Waals surface area contributed by atoms with Gasteiger partial charge in [0.05, 0.1) is 21.9 Å². The highest BCUT2D eigenvalue weighted by Crippen LogP contribution is 2.26. The molecule has 0 radical (unpaired) electrons. The molecule has 0 fully saturated rings. The van der Waals surface area contributed by atoms with Crippen LogP contribution in [0.3, 0.4) is 0 Å². The number of rotatable bonds is 3. The Kier molecular flexibility index (Phi) is 2.90. The number of oxazole rings is 1. The van der Waals surface area contributed by atoms with E-state index >= 15 is 0 Å². The maximum Gasteiger partial charge on any atom is 0.299 e. The van der Waals surface area contributed by atoms with Crippen LogP contribution in [0.5, 0.6) is 0 Å². The van der Waals surface area contributed by atoms with Crippen molar-refractivity contribution in [2.45, 2.75) is 0 Å². The Morgan fingerprint density at radius 1 is 1.00 bits per heavy atom. The molecule has 2 heterocycles. The first kappa shape index (κ1) is 12.1. The second-order valence-corrected chi connectivity index (χ2v) is 5.44. The lowest BCUT2D eigenvalue weighted by molar-refractivity contribution is 0.592. The van der Waals surface area contributed by atoms with Crippen molar-refractivity contribution >= 4 is 33.3 Å². The zero-order valence-corrected chi connectivity index (χ0v) is 11.8. The van der Waals surface area contributed by atoms with Gasteiger partial charge in [0.1, 0.15) is 0 Å². The number of aromatic nitrogens is 2. The maximum absolute atomic E-state index is 5.73. The fourth-order valence-corrected chi connectivity index (χ4v) is 2.79. The monoisotopic (exact) mass is 293 g/mol. The Morgan fingerprint density at radius 3 is 2.81 bits per heavy atom. The van der Waals surface area contributed by atoms with Gasteiger partial charge in [-0.1, -0.05) is 30.3 Å². The summed E-state index contributed by atoms with van der Waals surface area (Å²) < 4.78 is 6.89. The smallest absolute Gasteiger partial charge is 0.299 e. The van der Waals surface area contributed by atoms with Crippen molar-refractivity contribution in [3.63, 3.8) is 0 Å². The fourth-order valence-electron chi connectivity index (χ4n) is 2.13. The molecule has 4 aromatic rings. The van der Waals surface area contributed by atoms with E-state index in [4.69, 9.17) is 4.42 Å². The van der Waals surface area contributed by atoms with E-state index in [1.54, 1.807) is 17.5 Å². The predicted octanol–water partition coefficient (Wildman–Crippen LogP) is 4.69. The second-order valence-electron chi connectivity index (χ2n) is 4.56. The highest BCUT2D eigenvalue weighted by atomic mass is 32.1. The second kappa shape index (κ2) is 5.03. The Balaban J connectivity index is 1.61. The van der Waals surface area contributed by atoms with Crippen LogP contribution in [0.2, 0.25) is 0 Å². The molecule has 0 atom stereocenters. The summed E-state index contributed by atoms with van der Waals surface area (Å²) in [6.07, 6.45) is 1.72. The summed E-state index contributed by atoms with van der Waals surface area (Å²) in [4.78, 5) is 8.56. The van der Waals surface area contributed by atoms with Crippen LogP contribution in [0, 0.1) is 0 Å². The fraction of sp³-hybridized carbons (Fsp3) is 0. The van der Waals surface area contributed by atoms with Gasteiger partial charge in [-0.3, -0.25) is 0 Å². The number of nitrogens with zero attached hydrogens (tertiary/aromatic N) is 2. The average molecular weight is 293 g/mol. The quantitative estimate of drug-likeness (QED) is 0.595. The summed E-state index contributed by atoms with van der Waals surface area (Å²) in [7, 11) is 0. The number of hydrogen-bond donors (Lipinski definition) is 1. The number of benzene rings is 2. The molecule has 2 aromatic carbocycles. The van der Waals surface area contributed by atoms with Gasteiger partial charge in [-0.05, 0) is 18.2 Å². The van der Waals surface area contributed by atoms with Gasteiger partial charge in [0.15, 0.2) is 5.76 Å². The van der Waals surface area contributed by atoms with Gasteiger partial charge in [-0.15, -0.1) is 11.3 Å². The molecule has 5 heteroatoms. The highest BCUT2D eigenvalue weighted by molar-refractivity contribution is 7.16. The molecule has 21 heavy (non-hydrogen) atoms. The first-order valence-electron chi connectivity index (χ1n) is 6.50. The first-order valence-corrected chi connectivity index (χ1v) is 7.38. The van der Waals surface area contributed by atoms with Gasteiger partial charge in [0, 0.05) is 11.3 Å². The third-order valence-electron chi connectivity index (χ3n) is 3.15.